The number of ether oxygens (including phenoxy) is 9. The van der Waals surface area contributed by atoms with Crippen LogP contribution in [-0.2, 0) is 57.1 Å². The van der Waals surface area contributed by atoms with Gasteiger partial charge in [-0.25, -0.2) is 4.79 Å². The third-order valence-electron chi connectivity index (χ3n) is 27.7. The Morgan fingerprint density at radius 2 is 0.846 bits per heavy atom. The molecule has 754 valence electrons. The van der Waals surface area contributed by atoms with E-state index in [0.29, 0.717) is 95.6 Å². The molecular formula is C105H148BrF3N2O21S3Sn. The number of unbranched alkanes of at least 4 members (excludes halogenated alkanes) is 3. The molecule has 2 saturated heterocycles. The number of rotatable bonds is 26. The molecule has 2 spiro atoms. The summed E-state index contributed by atoms with van der Waals surface area (Å²) in [5.74, 6) is 3.44. The minimum Gasteiger partial charge on any atom is -0.508 e. The number of phenolic OH excluding ortho intramolecular Hbond substituents is 1. The SMILES string of the molecule is CCC[CH2][Sn]([CH2]CCC)([CH2]CCC)[c]1cc(N(C(=O)C2CCC(C)CC2)C2CCC(O)CC2)c(C(=O)OC)s1.COC(=O)c1sc(Br)cc1N(C(=O)C1CCC(C)CC1)C1CCC(O)CC1.O=C1CCC(Oc2ccccc2)CC1.O=S(=O)(OC1=CCC(Oc2ccccc2)CC1)C(F)(F)F.OC1CCC2(CC1)OCCO2.Oc1ccccc1.c1ccc(OC2CCC3(CC2)OCCO3)cc1. The van der Waals surface area contributed by atoms with E-state index in [-0.39, 0.29) is 102 Å². The quantitative estimate of drug-likeness (QED) is 0.0170. The maximum atomic E-state index is 14.4. The van der Waals surface area contributed by atoms with Crippen molar-refractivity contribution in [2.75, 3.05) is 50.4 Å². The van der Waals surface area contributed by atoms with Crippen LogP contribution in [0.25, 0.3) is 0 Å². The molecule has 136 heavy (non-hydrogen) atoms. The number of phenols is 1. The van der Waals surface area contributed by atoms with Crippen molar-refractivity contribution >= 4 is 111 Å². The van der Waals surface area contributed by atoms with Gasteiger partial charge in [-0.3, -0.25) is 9.59 Å². The number of anilines is 2. The standard InChI is InChI=1S/C20H28BrNO4S.C20H28NO4S.C14H18O3.C13H13F3O4S.C12H14O2.C8H14O3.C6H6O.3C4H9.Sn/c1-12-3-5-13(6-4-12)19(24)22(14-7-9-15(23)10-8-14)16-11-17(21)27-18(16)20(25)26-2;1-13-3-5-14(6-4-13)19(23)21(15-7-9-16(22)10-8-15)17-11-12-26-18(17)20(24)25-2;1-2-4-12(5-3-1)17-13-6-8-14(9-7-13)15-10-11-16-14;14-13(15,16)21(17,18)20-12-8-6-11(7-9-12)19-10-4-2-1-3-5-10;13-10-6-8-12(9-7-10)14-11-4-2-1-3-5-11;9-7-1-3-8(4-2-7)10-5-6-11-8;7-6-4-2-1-3-5-6;3*1-3-4-2;/h11-15,23H,3-10H2,1-2H3;11,13-16,22H,3-10H2,1-2H3;1-5,13H,6-11H2;1-5,8,11H,6-7,9H2;1-5,12H,6-9H2;7,9H,1-6H2;1-5,7H;3*1,3-4H2,2H3;. The van der Waals surface area contributed by atoms with E-state index in [4.69, 9.17) is 47.7 Å². The Labute approximate surface area is 824 Å². The minimum atomic E-state index is -5.58. The summed E-state index contributed by atoms with van der Waals surface area (Å²) in [5.41, 5.74) is -3.92. The summed E-state index contributed by atoms with van der Waals surface area (Å²) in [6, 6.07) is 41.8. The average molecular weight is 2130 g/mol. The van der Waals surface area contributed by atoms with Gasteiger partial charge in [0.25, 0.3) is 0 Å². The van der Waals surface area contributed by atoms with Crippen molar-refractivity contribution in [3.05, 3.63) is 159 Å². The number of aliphatic hydroxyl groups is 3. The first-order chi connectivity index (χ1) is 65.4. The number of aliphatic hydroxyl groups excluding tert-OH is 3. The summed E-state index contributed by atoms with van der Waals surface area (Å²) >= 11 is 3.62. The Morgan fingerprint density at radius 3 is 1.21 bits per heavy atom. The minimum absolute atomic E-state index is 0.0113. The third kappa shape index (κ3) is 34.6. The van der Waals surface area contributed by atoms with Gasteiger partial charge in [0.05, 0.1) is 67.4 Å². The smallest absolute Gasteiger partial charge is 0.508 e. The molecule has 4 N–H and O–H groups in total. The van der Waals surface area contributed by atoms with Gasteiger partial charge in [-0.1, -0.05) is 79.7 Å². The fraction of sp³-hybridized carbons (Fsp3) is 0.629. The zero-order chi connectivity index (χ0) is 97.7. The summed E-state index contributed by atoms with van der Waals surface area (Å²) in [7, 11) is -2.75. The number of allylic oxidation sites excluding steroid dienone is 1. The second-order valence-electron chi connectivity index (χ2n) is 38.0. The van der Waals surface area contributed by atoms with Gasteiger partial charge >= 0.3 is 269 Å². The van der Waals surface area contributed by atoms with Gasteiger partial charge in [0.15, 0.2) is 11.6 Å². The second-order valence-corrected chi connectivity index (χ2v) is 57.2. The monoisotopic (exact) mass is 2120 g/mol. The van der Waals surface area contributed by atoms with Crippen LogP contribution in [0.4, 0.5) is 24.5 Å². The number of alkyl halides is 3. The number of ketones is 1. The molecule has 8 aliphatic carbocycles. The molecule has 1 unspecified atom stereocenters. The molecular weight excluding hydrogens is 1980 g/mol. The van der Waals surface area contributed by atoms with E-state index in [9.17, 15) is 60.9 Å². The van der Waals surface area contributed by atoms with Crippen LogP contribution < -0.4 is 26.9 Å². The van der Waals surface area contributed by atoms with Crippen LogP contribution >= 0.6 is 38.6 Å². The number of amides is 2. The number of esters is 2. The van der Waals surface area contributed by atoms with Crippen molar-refractivity contribution in [2.24, 2.45) is 23.7 Å². The molecule has 0 radical (unpaired) electrons. The van der Waals surface area contributed by atoms with Crippen LogP contribution in [0, 0.1) is 23.7 Å². The number of aromatic hydroxyl groups is 1. The van der Waals surface area contributed by atoms with Crippen LogP contribution in [0.1, 0.15) is 292 Å². The van der Waals surface area contributed by atoms with E-state index in [0.717, 1.165) is 189 Å². The summed E-state index contributed by atoms with van der Waals surface area (Å²) < 4.78 is 119. The molecule has 31 heteroatoms. The van der Waals surface area contributed by atoms with Crippen molar-refractivity contribution in [3.63, 3.8) is 0 Å². The van der Waals surface area contributed by atoms with Gasteiger partial charge in [-0.05, 0) is 179 Å². The van der Waals surface area contributed by atoms with Crippen molar-refractivity contribution in [2.45, 2.75) is 351 Å². The second kappa shape index (κ2) is 56.2. The Hall–Kier alpha value is -6.69. The third-order valence-corrected chi connectivity index (χ3v) is 49.6. The first kappa shape index (κ1) is 111. The number of methoxy groups -OCH3 is 2. The Balaban J connectivity index is 0.000000173. The number of nitrogens with zero attached hydrogens (tertiary/aromatic N) is 2. The maximum Gasteiger partial charge on any atom is 0.534 e. The molecule has 2 amide bonds. The molecule has 10 aliphatic rings. The molecule has 4 heterocycles. The molecule has 1 atom stereocenters. The zero-order valence-corrected chi connectivity index (χ0v) is 87.6. The van der Waals surface area contributed by atoms with Gasteiger partial charge < -0.3 is 62.3 Å². The summed E-state index contributed by atoms with van der Waals surface area (Å²) in [6.45, 7) is 14.3. The van der Waals surface area contributed by atoms with Gasteiger partial charge in [0.1, 0.15) is 45.5 Å². The fourth-order valence-corrected chi connectivity index (χ4v) is 41.8. The van der Waals surface area contributed by atoms with E-state index in [2.05, 4.69) is 65.7 Å². The molecule has 7 saturated carbocycles. The predicted octanol–water partition coefficient (Wildman–Crippen LogP) is 23.6. The van der Waals surface area contributed by atoms with Gasteiger partial charge in [0, 0.05) is 63.3 Å². The van der Waals surface area contributed by atoms with E-state index in [1.807, 2.05) is 83.8 Å². The average Bonchev–Trinajstić information content (AvgIpc) is 1.60. The number of thiophene rings is 2. The van der Waals surface area contributed by atoms with Crippen LogP contribution in [0.5, 0.6) is 23.0 Å². The zero-order valence-electron chi connectivity index (χ0n) is 80.7. The molecule has 16 rings (SSSR count). The van der Waals surface area contributed by atoms with E-state index in [1.54, 1.807) is 59.9 Å². The van der Waals surface area contributed by atoms with E-state index < -0.39 is 40.0 Å². The summed E-state index contributed by atoms with van der Waals surface area (Å²) in [4.78, 5) is 69.6. The first-order valence-electron chi connectivity index (χ1n) is 49.9. The van der Waals surface area contributed by atoms with Crippen LogP contribution in [0.3, 0.4) is 0 Å². The molecule has 2 aromatic heterocycles. The summed E-state index contributed by atoms with van der Waals surface area (Å²) in [5, 5.41) is 38.0. The number of carbonyl (C=O) groups is 5. The largest absolute Gasteiger partial charge is 0.534 e. The van der Waals surface area contributed by atoms with Crippen molar-refractivity contribution in [3.8, 4) is 23.0 Å². The fourth-order valence-electron chi connectivity index (χ4n) is 19.6. The summed E-state index contributed by atoms with van der Waals surface area (Å²) in [6.07, 6.45) is 33.3. The number of para-hydroxylation sites is 4. The first-order valence-corrected chi connectivity index (χ1v) is 61.2. The number of halogens is 4. The van der Waals surface area contributed by atoms with Gasteiger partial charge in [-0.2, -0.15) is 21.6 Å². The predicted molar refractivity (Wildman–Crippen MR) is 532 cm³/mol. The van der Waals surface area contributed by atoms with Gasteiger partial charge in [0.2, 0.25) is 5.91 Å². The van der Waals surface area contributed by atoms with Crippen LogP contribution in [0.15, 0.2) is 149 Å². The molecule has 2 aliphatic heterocycles. The molecule has 9 fully saturated rings. The Kier molecular flexibility index (Phi) is 46.0. The number of carbonyl (C=O) groups excluding carboxylic acids is 5. The molecule has 4 aromatic carbocycles. The van der Waals surface area contributed by atoms with E-state index in [1.165, 1.54) is 86.4 Å². The maximum absolute atomic E-state index is 14.4. The number of benzene rings is 4. The van der Waals surface area contributed by atoms with Gasteiger partial charge in [-0.15, -0.1) is 11.3 Å². The van der Waals surface area contributed by atoms with Crippen molar-refractivity contribution in [1.29, 1.82) is 0 Å². The van der Waals surface area contributed by atoms with Crippen LogP contribution in [0.2, 0.25) is 13.3 Å². The topological polar surface area (TPSA) is 299 Å². The number of hydrogen-bond acceptors (Lipinski definition) is 23. The molecule has 0 bridgehead atoms. The molecule has 23 nitrogen and oxygen atoms in total. The Morgan fingerprint density at radius 1 is 0.485 bits per heavy atom. The number of hydrogen-bond donors (Lipinski definition) is 4. The van der Waals surface area contributed by atoms with Crippen molar-refractivity contribution < 1.29 is 113 Å². The Bertz CT molecular complexity index is 4630. The van der Waals surface area contributed by atoms with Crippen LogP contribution in [-0.4, -0.2) is 183 Å². The number of Topliss-reactive ketones (excluding diaryl/α,β-unsaturated/α-hetero) is 1. The van der Waals surface area contributed by atoms with Crippen molar-refractivity contribution in [1.82, 2.24) is 0 Å². The van der Waals surface area contributed by atoms with E-state index >= 15 is 0 Å². The normalized spacial score (nSPS) is 23.8. The molecule has 6 aromatic rings.